The Morgan fingerprint density at radius 2 is 1.81 bits per heavy atom. The lowest BCUT2D eigenvalue weighted by Crippen LogP contribution is -2.47. The summed E-state index contributed by atoms with van der Waals surface area (Å²) in [5, 5.41) is 13.3. The summed E-state index contributed by atoms with van der Waals surface area (Å²) in [5.41, 5.74) is 0.301. The van der Waals surface area contributed by atoms with E-state index in [0.717, 1.165) is 41.9 Å². The number of aliphatic hydroxyl groups is 1. The summed E-state index contributed by atoms with van der Waals surface area (Å²) >= 11 is 0. The minimum atomic E-state index is -0.930. The summed E-state index contributed by atoms with van der Waals surface area (Å²) in [6.07, 6.45) is 4.51. The number of para-hydroxylation sites is 1. The first-order valence-electron chi connectivity index (χ1n) is 9.97. The molecule has 0 radical (unpaired) electrons. The Morgan fingerprint density at radius 1 is 1.15 bits per heavy atom. The quantitative estimate of drug-likeness (QED) is 0.750. The molecule has 6 heteroatoms. The van der Waals surface area contributed by atoms with E-state index >= 15 is 0 Å². The average Bonchev–Trinajstić information content (AvgIpc) is 2.82. The van der Waals surface area contributed by atoms with Crippen molar-refractivity contribution in [1.82, 2.24) is 10.2 Å². The highest BCUT2D eigenvalue weighted by atomic mass is 16.5. The largest absolute Gasteiger partial charge is 0.491 e. The molecule has 2 aliphatic rings. The fraction of sp³-hybridized carbons (Fsp3) is 0.619. The number of benzene rings is 1. The predicted octanol–water partition coefficient (Wildman–Crippen LogP) is 3.19. The molecule has 1 atom stereocenters. The highest BCUT2D eigenvalue weighted by Crippen LogP contribution is 2.33. The molecule has 1 spiro atoms. The molecule has 1 aliphatic heterocycles. The summed E-state index contributed by atoms with van der Waals surface area (Å²) in [5.74, 6) is 0.833. The maximum atomic E-state index is 12.9. The number of nitrogens with one attached hydrogen (secondary N) is 1. The van der Waals surface area contributed by atoms with Crippen LogP contribution in [-0.4, -0.2) is 46.7 Å². The fourth-order valence-corrected chi connectivity index (χ4v) is 4.05. The van der Waals surface area contributed by atoms with E-state index in [1.165, 1.54) is 0 Å². The van der Waals surface area contributed by atoms with E-state index in [1.54, 1.807) is 0 Å². The average molecular weight is 374 g/mol. The molecular formula is C21H30N2O4. The molecule has 3 amide bonds. The van der Waals surface area contributed by atoms with Crippen LogP contribution in [0.2, 0.25) is 0 Å². The third kappa shape index (κ3) is 4.26. The Bertz CT molecular complexity index is 681. The van der Waals surface area contributed by atoms with Gasteiger partial charge in [-0.3, -0.25) is 9.69 Å². The van der Waals surface area contributed by atoms with Crippen LogP contribution in [-0.2, 0) is 4.79 Å². The molecule has 1 aromatic carbocycles. The van der Waals surface area contributed by atoms with Gasteiger partial charge in [-0.1, -0.05) is 57.7 Å². The lowest BCUT2D eigenvalue weighted by atomic mass is 9.90. The minimum Gasteiger partial charge on any atom is -0.491 e. The number of hydrogen-bond acceptors (Lipinski definition) is 4. The normalized spacial score (nSPS) is 20.7. The number of urea groups is 1. The van der Waals surface area contributed by atoms with E-state index in [1.807, 2.05) is 24.3 Å². The van der Waals surface area contributed by atoms with Gasteiger partial charge in [0, 0.05) is 0 Å². The van der Waals surface area contributed by atoms with Gasteiger partial charge < -0.3 is 15.2 Å². The van der Waals surface area contributed by atoms with Gasteiger partial charge >= 0.3 is 6.03 Å². The molecule has 6 nitrogen and oxygen atoms in total. The Balaban J connectivity index is 1.60. The monoisotopic (exact) mass is 374 g/mol. The number of ether oxygens (including phenoxy) is 1. The number of carbonyl (C=O) groups is 2. The van der Waals surface area contributed by atoms with Gasteiger partial charge in [-0.15, -0.1) is 0 Å². The number of imide groups is 1. The summed E-state index contributed by atoms with van der Waals surface area (Å²) in [7, 11) is 0. The molecule has 1 aromatic rings. The third-order valence-corrected chi connectivity index (χ3v) is 5.57. The molecule has 3 rings (SSSR count). The molecule has 2 fully saturated rings. The molecule has 148 valence electrons. The Morgan fingerprint density at radius 3 is 2.48 bits per heavy atom. The zero-order valence-electron chi connectivity index (χ0n) is 16.2. The lowest BCUT2D eigenvalue weighted by Gasteiger charge is -2.25. The van der Waals surface area contributed by atoms with Crippen molar-refractivity contribution in [2.45, 2.75) is 69.9 Å². The molecule has 2 N–H and O–H groups in total. The van der Waals surface area contributed by atoms with Gasteiger partial charge in [-0.25, -0.2) is 4.79 Å². The predicted molar refractivity (Wildman–Crippen MR) is 103 cm³/mol. The van der Waals surface area contributed by atoms with E-state index in [2.05, 4.69) is 19.2 Å². The highest BCUT2D eigenvalue weighted by Gasteiger charge is 2.50. The number of hydrogen-bond donors (Lipinski definition) is 2. The van der Waals surface area contributed by atoms with Crippen LogP contribution in [0.5, 0.6) is 5.75 Å². The molecule has 1 saturated carbocycles. The summed E-state index contributed by atoms with van der Waals surface area (Å²) in [6, 6.07) is 7.32. The summed E-state index contributed by atoms with van der Waals surface area (Å²) < 4.78 is 5.78. The summed E-state index contributed by atoms with van der Waals surface area (Å²) in [6.45, 7) is 4.15. The van der Waals surface area contributed by atoms with Crippen LogP contribution in [0.25, 0.3) is 0 Å². The van der Waals surface area contributed by atoms with E-state index in [4.69, 9.17) is 4.74 Å². The van der Waals surface area contributed by atoms with Gasteiger partial charge in [0.2, 0.25) is 0 Å². The second kappa shape index (κ2) is 8.30. The number of nitrogens with zero attached hydrogens (tertiary/aromatic N) is 1. The standard InChI is InChI=1S/C21H30N2O4/c1-15(2)17-9-5-6-10-18(17)27-14-16(24)13-23-19(25)21(22-20(23)26)11-7-3-4-8-12-21/h5-6,9-10,15-16,24H,3-4,7-8,11-14H2,1-2H3,(H,22,26). The van der Waals surface area contributed by atoms with E-state index < -0.39 is 17.7 Å². The first-order chi connectivity index (χ1) is 12.9. The third-order valence-electron chi connectivity index (χ3n) is 5.57. The second-order valence-electron chi connectivity index (χ2n) is 8.00. The van der Waals surface area contributed by atoms with Crippen molar-refractivity contribution in [1.29, 1.82) is 0 Å². The van der Waals surface area contributed by atoms with Crippen molar-refractivity contribution in [2.24, 2.45) is 0 Å². The zero-order chi connectivity index (χ0) is 19.4. The SMILES string of the molecule is CC(C)c1ccccc1OCC(O)CN1C(=O)NC2(CCCCCC2)C1=O. The first-order valence-corrected chi connectivity index (χ1v) is 9.97. The van der Waals surface area contributed by atoms with Crippen LogP contribution in [0.1, 0.15) is 63.9 Å². The van der Waals surface area contributed by atoms with Gasteiger partial charge in [0.25, 0.3) is 5.91 Å². The number of amides is 3. The summed E-state index contributed by atoms with van der Waals surface area (Å²) in [4.78, 5) is 26.4. The number of rotatable bonds is 6. The molecule has 0 aromatic heterocycles. The van der Waals surface area contributed by atoms with Crippen molar-refractivity contribution in [3.05, 3.63) is 29.8 Å². The van der Waals surface area contributed by atoms with Crippen molar-refractivity contribution >= 4 is 11.9 Å². The fourth-order valence-electron chi connectivity index (χ4n) is 4.05. The number of carbonyl (C=O) groups excluding carboxylic acids is 2. The second-order valence-corrected chi connectivity index (χ2v) is 8.00. The van der Waals surface area contributed by atoms with Crippen molar-refractivity contribution in [2.75, 3.05) is 13.2 Å². The first kappa shape index (κ1) is 19.7. The Hall–Kier alpha value is -2.08. The molecule has 27 heavy (non-hydrogen) atoms. The van der Waals surface area contributed by atoms with E-state index in [9.17, 15) is 14.7 Å². The Kier molecular flexibility index (Phi) is 6.05. The smallest absolute Gasteiger partial charge is 0.325 e. The van der Waals surface area contributed by atoms with Gasteiger partial charge in [0.15, 0.2) is 0 Å². The van der Waals surface area contributed by atoms with Crippen LogP contribution in [0.15, 0.2) is 24.3 Å². The molecule has 1 saturated heterocycles. The topological polar surface area (TPSA) is 78.9 Å². The molecule has 1 aliphatic carbocycles. The van der Waals surface area contributed by atoms with Crippen LogP contribution in [0.4, 0.5) is 4.79 Å². The van der Waals surface area contributed by atoms with Crippen LogP contribution in [0, 0.1) is 0 Å². The van der Waals surface area contributed by atoms with Crippen LogP contribution >= 0.6 is 0 Å². The Labute approximate surface area is 160 Å². The van der Waals surface area contributed by atoms with E-state index in [0.29, 0.717) is 18.8 Å². The van der Waals surface area contributed by atoms with Gasteiger partial charge in [0.1, 0.15) is 24.0 Å². The molecule has 1 heterocycles. The minimum absolute atomic E-state index is 0.0355. The lowest BCUT2D eigenvalue weighted by molar-refractivity contribution is -0.132. The van der Waals surface area contributed by atoms with Gasteiger partial charge in [0.05, 0.1) is 6.54 Å². The van der Waals surface area contributed by atoms with E-state index in [-0.39, 0.29) is 19.1 Å². The zero-order valence-corrected chi connectivity index (χ0v) is 16.2. The molecule has 0 bridgehead atoms. The molecular weight excluding hydrogens is 344 g/mol. The molecule has 1 unspecified atom stereocenters. The van der Waals surface area contributed by atoms with Crippen molar-refractivity contribution in [3.8, 4) is 5.75 Å². The maximum Gasteiger partial charge on any atom is 0.325 e. The highest BCUT2D eigenvalue weighted by molar-refractivity contribution is 6.07. The maximum absolute atomic E-state index is 12.9. The number of aliphatic hydroxyl groups excluding tert-OH is 1. The van der Waals surface area contributed by atoms with Crippen LogP contribution < -0.4 is 10.1 Å². The van der Waals surface area contributed by atoms with Crippen molar-refractivity contribution < 1.29 is 19.4 Å². The number of β-amino-alcohol motifs (C(OH)–C–C–N with tert-alkyl or cyclic N) is 1. The van der Waals surface area contributed by atoms with Crippen molar-refractivity contribution in [3.63, 3.8) is 0 Å². The van der Waals surface area contributed by atoms with Gasteiger partial charge in [-0.05, 0) is 30.4 Å². The van der Waals surface area contributed by atoms with Gasteiger partial charge in [-0.2, -0.15) is 0 Å². The van der Waals surface area contributed by atoms with Crippen LogP contribution in [0.3, 0.4) is 0 Å².